The summed E-state index contributed by atoms with van der Waals surface area (Å²) in [5, 5.41) is 9.84. The van der Waals surface area contributed by atoms with Crippen molar-refractivity contribution in [3.05, 3.63) is 28.2 Å². The van der Waals surface area contributed by atoms with E-state index in [-0.39, 0.29) is 5.91 Å². The minimum absolute atomic E-state index is 0.0112. The van der Waals surface area contributed by atoms with Crippen LogP contribution in [0.15, 0.2) is 22.7 Å². The number of benzene rings is 1. The molecule has 21 heavy (non-hydrogen) atoms. The first-order valence-electron chi connectivity index (χ1n) is 7.05. The van der Waals surface area contributed by atoms with Gasteiger partial charge in [-0.25, -0.2) is 0 Å². The van der Waals surface area contributed by atoms with Crippen molar-refractivity contribution in [2.24, 2.45) is 0 Å². The lowest BCUT2D eigenvalue weighted by Crippen LogP contribution is -2.52. The van der Waals surface area contributed by atoms with E-state index in [4.69, 9.17) is 5.73 Å². The largest absolute Gasteiger partial charge is 0.398 e. The number of carbonyl (C=O) groups excluding carboxylic acids is 1. The number of rotatable bonds is 3. The zero-order chi connectivity index (χ0) is 15.6. The van der Waals surface area contributed by atoms with Gasteiger partial charge in [-0.3, -0.25) is 9.69 Å². The number of aliphatic hydroxyl groups is 1. The monoisotopic (exact) mass is 355 g/mol. The summed E-state index contributed by atoms with van der Waals surface area (Å²) in [6, 6.07) is 5.29. The van der Waals surface area contributed by atoms with Crippen LogP contribution in [-0.2, 0) is 0 Å². The second-order valence-electron chi connectivity index (χ2n) is 6.12. The van der Waals surface area contributed by atoms with Crippen LogP contribution in [0.3, 0.4) is 0 Å². The molecular weight excluding hydrogens is 334 g/mol. The number of nitrogens with two attached hydrogens (primary N) is 1. The molecule has 1 aromatic rings. The number of carbonyl (C=O) groups is 1. The van der Waals surface area contributed by atoms with E-state index in [0.717, 1.165) is 17.6 Å². The number of halogens is 1. The van der Waals surface area contributed by atoms with Gasteiger partial charge in [0, 0.05) is 48.4 Å². The van der Waals surface area contributed by atoms with Gasteiger partial charge >= 0.3 is 0 Å². The van der Waals surface area contributed by atoms with Crippen molar-refractivity contribution in [1.82, 2.24) is 9.80 Å². The highest BCUT2D eigenvalue weighted by Gasteiger charge is 2.25. The van der Waals surface area contributed by atoms with Crippen LogP contribution >= 0.6 is 15.9 Å². The van der Waals surface area contributed by atoms with Crippen molar-refractivity contribution >= 4 is 27.5 Å². The Hall–Kier alpha value is -1.11. The third-order valence-corrected chi connectivity index (χ3v) is 4.24. The molecule has 0 atom stereocenters. The molecule has 1 aromatic carbocycles. The Labute approximate surface area is 133 Å². The van der Waals surface area contributed by atoms with Crippen molar-refractivity contribution in [3.63, 3.8) is 0 Å². The molecule has 0 radical (unpaired) electrons. The van der Waals surface area contributed by atoms with Crippen molar-refractivity contribution < 1.29 is 9.90 Å². The third-order valence-electron chi connectivity index (χ3n) is 3.51. The van der Waals surface area contributed by atoms with E-state index >= 15 is 0 Å². The summed E-state index contributed by atoms with van der Waals surface area (Å²) in [7, 11) is 0. The first-order valence-corrected chi connectivity index (χ1v) is 7.84. The molecule has 0 saturated carbocycles. The Kier molecular flexibility index (Phi) is 4.91. The molecule has 0 aromatic heterocycles. The highest BCUT2D eigenvalue weighted by molar-refractivity contribution is 9.10. The van der Waals surface area contributed by atoms with Crippen LogP contribution in [0.4, 0.5) is 5.69 Å². The Morgan fingerprint density at radius 3 is 2.48 bits per heavy atom. The SMILES string of the molecule is CC(C)(O)CN1CCN(C(=O)c2ccc(Br)c(N)c2)CC1. The number of nitrogens with zero attached hydrogens (tertiary/aromatic N) is 2. The van der Waals surface area contributed by atoms with E-state index in [9.17, 15) is 9.90 Å². The summed E-state index contributed by atoms with van der Waals surface area (Å²) in [6.07, 6.45) is 0. The van der Waals surface area contributed by atoms with Crippen LogP contribution in [0, 0.1) is 0 Å². The summed E-state index contributed by atoms with van der Waals surface area (Å²) in [4.78, 5) is 16.5. The summed E-state index contributed by atoms with van der Waals surface area (Å²) >= 11 is 3.33. The smallest absolute Gasteiger partial charge is 0.254 e. The normalized spacial score (nSPS) is 17.0. The lowest BCUT2D eigenvalue weighted by Gasteiger charge is -2.37. The van der Waals surface area contributed by atoms with Gasteiger partial charge in [0.25, 0.3) is 5.91 Å². The highest BCUT2D eigenvalue weighted by atomic mass is 79.9. The molecule has 0 spiro atoms. The standard InChI is InChI=1S/C15H22BrN3O2/c1-15(2,21)10-18-5-7-19(8-6-18)14(20)11-3-4-12(16)13(17)9-11/h3-4,9,21H,5-8,10,17H2,1-2H3. The van der Waals surface area contributed by atoms with E-state index in [2.05, 4.69) is 20.8 Å². The molecular formula is C15H22BrN3O2. The molecule has 0 bridgehead atoms. The zero-order valence-electron chi connectivity index (χ0n) is 12.5. The van der Waals surface area contributed by atoms with E-state index in [0.29, 0.717) is 30.9 Å². The number of amides is 1. The number of hydrogen-bond donors (Lipinski definition) is 2. The maximum Gasteiger partial charge on any atom is 0.254 e. The van der Waals surface area contributed by atoms with Crippen LogP contribution in [-0.4, -0.2) is 59.1 Å². The maximum atomic E-state index is 12.4. The van der Waals surface area contributed by atoms with Gasteiger partial charge in [-0.1, -0.05) is 0 Å². The van der Waals surface area contributed by atoms with E-state index in [1.54, 1.807) is 32.0 Å². The van der Waals surface area contributed by atoms with Crippen LogP contribution in [0.1, 0.15) is 24.2 Å². The maximum absolute atomic E-state index is 12.4. The first kappa shape index (κ1) is 16.3. The van der Waals surface area contributed by atoms with Gasteiger partial charge in [0.15, 0.2) is 0 Å². The lowest BCUT2D eigenvalue weighted by atomic mass is 10.1. The molecule has 116 valence electrons. The van der Waals surface area contributed by atoms with Crippen LogP contribution in [0.25, 0.3) is 0 Å². The Balaban J connectivity index is 1.95. The summed E-state index contributed by atoms with van der Waals surface area (Å²) < 4.78 is 0.800. The van der Waals surface area contributed by atoms with E-state index in [1.165, 1.54) is 0 Å². The molecule has 0 unspecified atom stereocenters. The molecule has 1 amide bonds. The third kappa shape index (κ3) is 4.43. The first-order chi connectivity index (χ1) is 9.76. The fourth-order valence-corrected chi connectivity index (χ4v) is 2.76. The average molecular weight is 356 g/mol. The van der Waals surface area contributed by atoms with Crippen molar-refractivity contribution in [2.45, 2.75) is 19.4 Å². The number of nitrogen functional groups attached to an aromatic ring is 1. The van der Waals surface area contributed by atoms with Gasteiger partial charge < -0.3 is 15.7 Å². The second-order valence-corrected chi connectivity index (χ2v) is 6.97. The van der Waals surface area contributed by atoms with Crippen molar-refractivity contribution in [2.75, 3.05) is 38.5 Å². The lowest BCUT2D eigenvalue weighted by molar-refractivity contribution is 0.0178. The van der Waals surface area contributed by atoms with Crippen LogP contribution < -0.4 is 5.73 Å². The molecule has 2 rings (SSSR count). The quantitative estimate of drug-likeness (QED) is 0.807. The van der Waals surface area contributed by atoms with E-state index < -0.39 is 5.60 Å². The average Bonchev–Trinajstić information content (AvgIpc) is 2.40. The minimum atomic E-state index is -0.702. The minimum Gasteiger partial charge on any atom is -0.398 e. The molecule has 0 aliphatic carbocycles. The molecule has 1 aliphatic heterocycles. The van der Waals surface area contributed by atoms with Crippen molar-refractivity contribution in [1.29, 1.82) is 0 Å². The van der Waals surface area contributed by atoms with E-state index in [1.807, 2.05) is 4.90 Å². The summed E-state index contributed by atoms with van der Waals surface area (Å²) in [5.74, 6) is 0.0112. The fraction of sp³-hybridized carbons (Fsp3) is 0.533. The summed E-state index contributed by atoms with van der Waals surface area (Å²) in [5.41, 5.74) is 6.31. The Morgan fingerprint density at radius 2 is 1.95 bits per heavy atom. The predicted octanol–water partition coefficient (Wildman–Crippen LogP) is 1.56. The van der Waals surface area contributed by atoms with Gasteiger partial charge in [0.05, 0.1) is 5.60 Å². The van der Waals surface area contributed by atoms with Gasteiger partial charge in [-0.2, -0.15) is 0 Å². The predicted molar refractivity (Wildman–Crippen MR) is 87.2 cm³/mol. The zero-order valence-corrected chi connectivity index (χ0v) is 14.1. The molecule has 3 N–H and O–H groups in total. The molecule has 1 saturated heterocycles. The molecule has 6 heteroatoms. The van der Waals surface area contributed by atoms with Gasteiger partial charge in [-0.15, -0.1) is 0 Å². The molecule has 1 fully saturated rings. The van der Waals surface area contributed by atoms with Crippen LogP contribution in [0.2, 0.25) is 0 Å². The number of β-amino-alcohol motifs (C(OH)–C–C–N with tert-alkyl or cyclic N) is 1. The number of anilines is 1. The summed E-state index contributed by atoms with van der Waals surface area (Å²) in [6.45, 7) is 7.13. The van der Waals surface area contributed by atoms with Gasteiger partial charge in [0.1, 0.15) is 0 Å². The Morgan fingerprint density at radius 1 is 1.33 bits per heavy atom. The van der Waals surface area contributed by atoms with Crippen LogP contribution in [0.5, 0.6) is 0 Å². The topological polar surface area (TPSA) is 69.8 Å². The molecule has 5 nitrogen and oxygen atoms in total. The van der Waals surface area contributed by atoms with Gasteiger partial charge in [-0.05, 0) is 48.0 Å². The molecule has 1 heterocycles. The fourth-order valence-electron chi connectivity index (χ4n) is 2.52. The molecule has 1 aliphatic rings. The van der Waals surface area contributed by atoms with Gasteiger partial charge in [0.2, 0.25) is 0 Å². The highest BCUT2D eigenvalue weighted by Crippen LogP contribution is 2.21. The number of hydrogen-bond acceptors (Lipinski definition) is 4. The number of piperazine rings is 1. The Bertz CT molecular complexity index is 520. The van der Waals surface area contributed by atoms with Crippen molar-refractivity contribution in [3.8, 4) is 0 Å². The second kappa shape index (κ2) is 6.34.